The number of oxime groups is 1. The molecule has 4 aromatic rings. The molecule has 2 aromatic carbocycles. The lowest BCUT2D eigenvalue weighted by Crippen LogP contribution is -2.09. The molecular weight excluding hydrogens is 362 g/mol. The van der Waals surface area contributed by atoms with Gasteiger partial charge in [0.05, 0.1) is 28.4 Å². The molecule has 0 aliphatic carbocycles. The van der Waals surface area contributed by atoms with Crippen LogP contribution in [0.5, 0.6) is 0 Å². The summed E-state index contributed by atoms with van der Waals surface area (Å²) in [7, 11) is 0. The molecule has 0 spiro atoms. The smallest absolute Gasteiger partial charge is 0.163 e. The molecule has 5 rings (SSSR count). The van der Waals surface area contributed by atoms with Crippen LogP contribution in [0.4, 0.5) is 0 Å². The van der Waals surface area contributed by atoms with Gasteiger partial charge in [-0.15, -0.1) is 0 Å². The van der Waals surface area contributed by atoms with Gasteiger partial charge in [0.2, 0.25) is 0 Å². The molecule has 1 aliphatic heterocycles. The van der Waals surface area contributed by atoms with Crippen LogP contribution >= 0.6 is 0 Å². The summed E-state index contributed by atoms with van der Waals surface area (Å²) in [6.45, 7) is 4.00. The van der Waals surface area contributed by atoms with Crippen molar-refractivity contribution in [3.8, 4) is 11.5 Å². The fraction of sp³-hybridized carbons (Fsp3) is 0.174. The Kier molecular flexibility index (Phi) is 4.24. The highest BCUT2D eigenvalue weighted by atomic mass is 16.6. The number of hydrogen-bond donors (Lipinski definition) is 0. The SMILES string of the molecule is Cc1cn(-c2c(C3CC(c4ccccc4)=NO3)c(C)nn2-c2ccccc2)cn1. The third kappa shape index (κ3) is 3.12. The largest absolute Gasteiger partial charge is 0.387 e. The molecule has 3 heterocycles. The molecular formula is C23H21N5O. The highest BCUT2D eigenvalue weighted by Gasteiger charge is 2.32. The highest BCUT2D eigenvalue weighted by molar-refractivity contribution is 6.01. The number of para-hydroxylation sites is 1. The van der Waals surface area contributed by atoms with Crippen LogP contribution in [-0.2, 0) is 4.84 Å². The van der Waals surface area contributed by atoms with E-state index in [1.54, 1.807) is 0 Å². The number of rotatable bonds is 4. The van der Waals surface area contributed by atoms with Crippen LogP contribution < -0.4 is 0 Å². The first-order chi connectivity index (χ1) is 14.2. The Hall–Kier alpha value is -3.67. The Balaban J connectivity index is 1.60. The quantitative estimate of drug-likeness (QED) is 0.520. The van der Waals surface area contributed by atoms with Crippen LogP contribution in [0.2, 0.25) is 0 Å². The maximum absolute atomic E-state index is 5.91. The molecule has 0 amide bonds. The van der Waals surface area contributed by atoms with Gasteiger partial charge >= 0.3 is 0 Å². The van der Waals surface area contributed by atoms with Gasteiger partial charge in [0.15, 0.2) is 6.10 Å². The van der Waals surface area contributed by atoms with E-state index < -0.39 is 0 Å². The minimum absolute atomic E-state index is 0.194. The van der Waals surface area contributed by atoms with Gasteiger partial charge in [0.1, 0.15) is 12.1 Å². The van der Waals surface area contributed by atoms with Crippen molar-refractivity contribution < 1.29 is 4.84 Å². The molecule has 144 valence electrons. The van der Waals surface area contributed by atoms with E-state index in [9.17, 15) is 0 Å². The van der Waals surface area contributed by atoms with E-state index in [2.05, 4.69) is 22.3 Å². The number of aryl methyl sites for hydroxylation is 2. The van der Waals surface area contributed by atoms with Crippen LogP contribution in [0.1, 0.15) is 35.0 Å². The average Bonchev–Trinajstić information content (AvgIpc) is 3.47. The second-order valence-corrected chi connectivity index (χ2v) is 7.19. The Labute approximate surface area is 169 Å². The molecule has 0 saturated heterocycles. The summed E-state index contributed by atoms with van der Waals surface area (Å²) < 4.78 is 3.97. The molecule has 2 aromatic heterocycles. The third-order valence-electron chi connectivity index (χ3n) is 5.14. The second-order valence-electron chi connectivity index (χ2n) is 7.19. The van der Waals surface area contributed by atoms with E-state index in [0.717, 1.165) is 39.7 Å². The van der Waals surface area contributed by atoms with E-state index in [-0.39, 0.29) is 6.10 Å². The molecule has 0 saturated carbocycles. The highest BCUT2D eigenvalue weighted by Crippen LogP contribution is 2.36. The fourth-order valence-corrected chi connectivity index (χ4v) is 3.77. The van der Waals surface area contributed by atoms with Crippen LogP contribution in [0.3, 0.4) is 0 Å². The van der Waals surface area contributed by atoms with Crippen molar-refractivity contribution in [2.45, 2.75) is 26.4 Å². The van der Waals surface area contributed by atoms with Crippen LogP contribution in [0.15, 0.2) is 78.3 Å². The Morgan fingerprint density at radius 3 is 2.38 bits per heavy atom. The number of hydrogen-bond acceptors (Lipinski definition) is 4. The van der Waals surface area contributed by atoms with E-state index >= 15 is 0 Å². The van der Waals surface area contributed by atoms with Crippen LogP contribution in [0, 0.1) is 13.8 Å². The van der Waals surface area contributed by atoms with Crippen molar-refractivity contribution >= 4 is 5.71 Å². The molecule has 29 heavy (non-hydrogen) atoms. The molecule has 1 aliphatic rings. The number of imidazole rings is 1. The monoisotopic (exact) mass is 383 g/mol. The van der Waals surface area contributed by atoms with Gasteiger partial charge in [-0.2, -0.15) is 5.10 Å². The molecule has 0 N–H and O–H groups in total. The Morgan fingerprint density at radius 1 is 0.966 bits per heavy atom. The summed E-state index contributed by atoms with van der Waals surface area (Å²) in [5.41, 5.74) is 5.93. The van der Waals surface area contributed by atoms with Gasteiger partial charge in [0, 0.05) is 12.6 Å². The van der Waals surface area contributed by atoms with Gasteiger partial charge in [-0.1, -0.05) is 53.7 Å². The van der Waals surface area contributed by atoms with E-state index in [1.807, 2.05) is 84.2 Å². The van der Waals surface area contributed by atoms with E-state index in [4.69, 9.17) is 9.94 Å². The maximum Gasteiger partial charge on any atom is 0.163 e. The lowest BCUT2D eigenvalue weighted by Gasteiger charge is -2.13. The summed E-state index contributed by atoms with van der Waals surface area (Å²) in [5.74, 6) is 0.934. The van der Waals surface area contributed by atoms with Crippen molar-refractivity contribution in [1.29, 1.82) is 0 Å². The zero-order chi connectivity index (χ0) is 19.8. The first-order valence-corrected chi connectivity index (χ1v) is 9.65. The second kappa shape index (κ2) is 7.05. The topological polar surface area (TPSA) is 57.2 Å². The summed E-state index contributed by atoms with van der Waals surface area (Å²) in [6, 6.07) is 20.3. The number of nitrogens with zero attached hydrogens (tertiary/aromatic N) is 5. The standard InChI is InChI=1S/C23H21N5O/c1-16-14-27(15-24-16)23-22(17(2)25-28(23)19-11-7-4-8-12-19)21-13-20(26-29-21)18-9-5-3-6-10-18/h3-12,14-15,21H,13H2,1-2H3. The summed E-state index contributed by atoms with van der Waals surface area (Å²) in [6.07, 6.45) is 4.34. The third-order valence-corrected chi connectivity index (χ3v) is 5.14. The van der Waals surface area contributed by atoms with Crippen molar-refractivity contribution in [3.05, 3.63) is 95.7 Å². The van der Waals surface area contributed by atoms with Crippen molar-refractivity contribution in [1.82, 2.24) is 19.3 Å². The minimum Gasteiger partial charge on any atom is -0.387 e. The van der Waals surface area contributed by atoms with Crippen LogP contribution in [0.25, 0.3) is 11.5 Å². The van der Waals surface area contributed by atoms with Crippen LogP contribution in [-0.4, -0.2) is 25.0 Å². The summed E-state index contributed by atoms with van der Waals surface area (Å²) in [4.78, 5) is 10.3. The molecule has 6 heteroatoms. The van der Waals surface area contributed by atoms with Crippen molar-refractivity contribution in [2.75, 3.05) is 0 Å². The van der Waals surface area contributed by atoms with Crippen molar-refractivity contribution in [2.24, 2.45) is 5.16 Å². The normalized spacial score (nSPS) is 15.9. The average molecular weight is 383 g/mol. The Morgan fingerprint density at radius 2 is 1.69 bits per heavy atom. The van der Waals surface area contributed by atoms with Gasteiger partial charge in [-0.05, 0) is 31.5 Å². The van der Waals surface area contributed by atoms with Gasteiger partial charge in [-0.3, -0.25) is 4.57 Å². The fourth-order valence-electron chi connectivity index (χ4n) is 3.77. The molecule has 0 fully saturated rings. The zero-order valence-corrected chi connectivity index (χ0v) is 16.4. The predicted octanol–water partition coefficient (Wildman–Crippen LogP) is 4.54. The maximum atomic E-state index is 5.91. The summed E-state index contributed by atoms with van der Waals surface area (Å²) >= 11 is 0. The van der Waals surface area contributed by atoms with E-state index in [1.165, 1.54) is 0 Å². The lowest BCUT2D eigenvalue weighted by atomic mass is 10.00. The first kappa shape index (κ1) is 17.4. The minimum atomic E-state index is -0.194. The number of benzene rings is 2. The molecule has 6 nitrogen and oxygen atoms in total. The molecule has 0 bridgehead atoms. The zero-order valence-electron chi connectivity index (χ0n) is 16.4. The predicted molar refractivity (Wildman–Crippen MR) is 112 cm³/mol. The van der Waals surface area contributed by atoms with Crippen molar-refractivity contribution in [3.63, 3.8) is 0 Å². The van der Waals surface area contributed by atoms with Gasteiger partial charge in [0.25, 0.3) is 0 Å². The van der Waals surface area contributed by atoms with Gasteiger partial charge in [-0.25, -0.2) is 9.67 Å². The molecule has 1 unspecified atom stereocenters. The Bertz CT molecular complexity index is 1170. The summed E-state index contributed by atoms with van der Waals surface area (Å²) in [5, 5.41) is 9.23. The van der Waals surface area contributed by atoms with E-state index in [0.29, 0.717) is 6.42 Å². The van der Waals surface area contributed by atoms with Gasteiger partial charge < -0.3 is 4.84 Å². The molecule has 0 radical (unpaired) electrons. The first-order valence-electron chi connectivity index (χ1n) is 9.65. The molecule has 1 atom stereocenters. The lowest BCUT2D eigenvalue weighted by molar-refractivity contribution is 0.0852. The number of aromatic nitrogens is 4.